The van der Waals surface area contributed by atoms with Gasteiger partial charge in [0.2, 0.25) is 0 Å². The van der Waals surface area contributed by atoms with E-state index >= 15 is 0 Å². The number of aromatic amines is 1. The van der Waals surface area contributed by atoms with E-state index in [1.165, 1.54) is 0 Å². The Labute approximate surface area is 118 Å². The third-order valence-corrected chi connectivity index (χ3v) is 3.43. The van der Waals surface area contributed by atoms with E-state index in [-0.39, 0.29) is 0 Å². The monoisotopic (exact) mass is 317 g/mol. The first-order valence-corrected chi connectivity index (χ1v) is 6.54. The van der Waals surface area contributed by atoms with Crippen LogP contribution in [0.15, 0.2) is 41.0 Å². The van der Waals surface area contributed by atoms with Gasteiger partial charge in [-0.3, -0.25) is 9.78 Å². The van der Waals surface area contributed by atoms with Gasteiger partial charge in [-0.2, -0.15) is 10.2 Å². The maximum absolute atomic E-state index is 5.97. The number of nitrogens with one attached hydrogen (secondary N) is 1. The minimum atomic E-state index is 0.475. The van der Waals surface area contributed by atoms with E-state index in [1.807, 2.05) is 43.6 Å². The van der Waals surface area contributed by atoms with Crippen molar-refractivity contribution < 1.29 is 0 Å². The average molecular weight is 318 g/mol. The van der Waals surface area contributed by atoms with Gasteiger partial charge in [-0.15, -0.1) is 0 Å². The highest BCUT2D eigenvalue weighted by Gasteiger charge is 2.16. The van der Waals surface area contributed by atoms with Crippen molar-refractivity contribution in [3.63, 3.8) is 0 Å². The van der Waals surface area contributed by atoms with Crippen molar-refractivity contribution in [3.05, 3.63) is 41.0 Å². The number of nitrogens with two attached hydrogens (primary N) is 1. The van der Waals surface area contributed by atoms with Gasteiger partial charge < -0.3 is 5.73 Å². The fraction of sp³-hybridized carbons (Fsp3) is 0.0769. The lowest BCUT2D eigenvalue weighted by atomic mass is 10.0. The van der Waals surface area contributed by atoms with Crippen LogP contribution in [0.5, 0.6) is 0 Å². The maximum Gasteiger partial charge on any atom is 0.153 e. The molecule has 1 aromatic carbocycles. The standard InChI is InChI=1S/C13H12BrN5/c1-19-7-6-10(18-19)12-11(13(15)17-16-12)8-2-4-9(14)5-3-8/h2-7H,1H3,(H3,15,16,17). The number of nitrogen functional groups attached to an aromatic ring is 1. The number of aryl methyl sites for hydroxylation is 1. The van der Waals surface area contributed by atoms with Gasteiger partial charge in [0.05, 0.1) is 11.3 Å². The Morgan fingerprint density at radius 3 is 2.58 bits per heavy atom. The number of aromatic nitrogens is 4. The van der Waals surface area contributed by atoms with Crippen LogP contribution in [0, 0.1) is 0 Å². The number of halogens is 1. The van der Waals surface area contributed by atoms with Crippen LogP contribution in [0.1, 0.15) is 0 Å². The van der Waals surface area contributed by atoms with E-state index in [0.29, 0.717) is 5.82 Å². The lowest BCUT2D eigenvalue weighted by Crippen LogP contribution is -1.91. The second-order valence-corrected chi connectivity index (χ2v) is 5.16. The molecular weight excluding hydrogens is 306 g/mol. The molecule has 0 aliphatic rings. The number of anilines is 1. The smallest absolute Gasteiger partial charge is 0.153 e. The molecule has 3 N–H and O–H groups in total. The lowest BCUT2D eigenvalue weighted by Gasteiger charge is -2.02. The molecule has 0 bridgehead atoms. The van der Waals surface area contributed by atoms with Crippen LogP contribution in [0.4, 0.5) is 5.82 Å². The Bertz CT molecular complexity index is 711. The Hall–Kier alpha value is -2.08. The molecule has 0 radical (unpaired) electrons. The number of H-pyrrole nitrogens is 1. The molecule has 0 aliphatic carbocycles. The third-order valence-electron chi connectivity index (χ3n) is 2.90. The summed E-state index contributed by atoms with van der Waals surface area (Å²) < 4.78 is 2.77. The summed E-state index contributed by atoms with van der Waals surface area (Å²) in [4.78, 5) is 0. The van der Waals surface area contributed by atoms with E-state index in [2.05, 4.69) is 31.2 Å². The van der Waals surface area contributed by atoms with Crippen molar-refractivity contribution in [1.29, 1.82) is 0 Å². The summed E-state index contributed by atoms with van der Waals surface area (Å²) in [6, 6.07) is 9.87. The fourth-order valence-electron chi connectivity index (χ4n) is 2.00. The summed E-state index contributed by atoms with van der Waals surface area (Å²) in [6.07, 6.45) is 1.89. The predicted octanol–water partition coefficient (Wildman–Crippen LogP) is 2.82. The minimum absolute atomic E-state index is 0.475. The van der Waals surface area contributed by atoms with E-state index in [9.17, 15) is 0 Å². The lowest BCUT2D eigenvalue weighted by molar-refractivity contribution is 0.770. The molecule has 0 saturated carbocycles. The zero-order valence-corrected chi connectivity index (χ0v) is 11.8. The summed E-state index contributed by atoms with van der Waals surface area (Å²) in [5, 5.41) is 11.4. The van der Waals surface area contributed by atoms with Crippen LogP contribution < -0.4 is 5.73 Å². The first-order chi connectivity index (χ1) is 9.15. The van der Waals surface area contributed by atoms with Crippen molar-refractivity contribution in [2.45, 2.75) is 0 Å². The number of nitrogens with zero attached hydrogens (tertiary/aromatic N) is 3. The Morgan fingerprint density at radius 1 is 1.21 bits per heavy atom. The average Bonchev–Trinajstić information content (AvgIpc) is 2.97. The topological polar surface area (TPSA) is 72.5 Å². The van der Waals surface area contributed by atoms with Gasteiger partial charge in [0.15, 0.2) is 5.82 Å². The van der Waals surface area contributed by atoms with E-state index in [1.54, 1.807) is 4.68 Å². The van der Waals surface area contributed by atoms with Gasteiger partial charge in [-0.05, 0) is 23.8 Å². The van der Waals surface area contributed by atoms with Gasteiger partial charge in [-0.1, -0.05) is 28.1 Å². The second-order valence-electron chi connectivity index (χ2n) is 4.24. The Kier molecular flexibility index (Phi) is 2.87. The van der Waals surface area contributed by atoms with E-state index < -0.39 is 0 Å². The van der Waals surface area contributed by atoms with Gasteiger partial charge in [0.25, 0.3) is 0 Å². The molecule has 2 aromatic heterocycles. The van der Waals surface area contributed by atoms with Crippen LogP contribution in [0.3, 0.4) is 0 Å². The summed E-state index contributed by atoms with van der Waals surface area (Å²) in [5.41, 5.74) is 9.51. The van der Waals surface area contributed by atoms with Crippen LogP contribution in [-0.4, -0.2) is 20.0 Å². The molecule has 0 aliphatic heterocycles. The number of hydrogen-bond acceptors (Lipinski definition) is 3. The SMILES string of the molecule is Cn1ccc(-c2[nH]nc(N)c2-c2ccc(Br)cc2)n1. The van der Waals surface area contributed by atoms with Crippen LogP contribution >= 0.6 is 15.9 Å². The molecule has 0 fully saturated rings. The number of hydrogen-bond donors (Lipinski definition) is 2. The molecule has 3 aromatic rings. The fourth-order valence-corrected chi connectivity index (χ4v) is 2.26. The molecule has 0 unspecified atom stereocenters. The molecule has 19 heavy (non-hydrogen) atoms. The van der Waals surface area contributed by atoms with Crippen molar-refractivity contribution in [2.24, 2.45) is 7.05 Å². The van der Waals surface area contributed by atoms with Crippen LogP contribution in [0.2, 0.25) is 0 Å². The van der Waals surface area contributed by atoms with Crippen LogP contribution in [0.25, 0.3) is 22.5 Å². The third kappa shape index (κ3) is 2.15. The summed E-state index contributed by atoms with van der Waals surface area (Å²) in [5.74, 6) is 0.475. The molecule has 3 rings (SSSR count). The van der Waals surface area contributed by atoms with Gasteiger partial charge >= 0.3 is 0 Å². The normalized spacial score (nSPS) is 10.8. The Morgan fingerprint density at radius 2 is 1.95 bits per heavy atom. The molecular formula is C13H12BrN5. The predicted molar refractivity (Wildman–Crippen MR) is 78.3 cm³/mol. The van der Waals surface area contributed by atoms with Gasteiger partial charge in [-0.25, -0.2) is 0 Å². The van der Waals surface area contributed by atoms with Crippen molar-refractivity contribution in [2.75, 3.05) is 5.73 Å². The number of rotatable bonds is 2. The molecule has 2 heterocycles. The zero-order valence-electron chi connectivity index (χ0n) is 10.3. The molecule has 5 nitrogen and oxygen atoms in total. The number of benzene rings is 1. The molecule has 6 heteroatoms. The molecule has 0 saturated heterocycles. The molecule has 96 valence electrons. The van der Waals surface area contributed by atoms with Crippen molar-refractivity contribution in [1.82, 2.24) is 20.0 Å². The first-order valence-electron chi connectivity index (χ1n) is 5.75. The summed E-state index contributed by atoms with van der Waals surface area (Å²) in [7, 11) is 1.88. The van der Waals surface area contributed by atoms with Gasteiger partial charge in [0.1, 0.15) is 5.69 Å². The molecule has 0 amide bonds. The van der Waals surface area contributed by atoms with Crippen molar-refractivity contribution >= 4 is 21.7 Å². The first kappa shape index (κ1) is 12.0. The summed E-state index contributed by atoms with van der Waals surface area (Å²) in [6.45, 7) is 0. The van der Waals surface area contributed by atoms with Crippen LogP contribution in [-0.2, 0) is 7.05 Å². The Balaban J connectivity index is 2.16. The molecule has 0 atom stereocenters. The van der Waals surface area contributed by atoms with Crippen molar-refractivity contribution in [3.8, 4) is 22.5 Å². The highest BCUT2D eigenvalue weighted by atomic mass is 79.9. The quantitative estimate of drug-likeness (QED) is 0.763. The highest BCUT2D eigenvalue weighted by molar-refractivity contribution is 9.10. The van der Waals surface area contributed by atoms with E-state index in [4.69, 9.17) is 5.73 Å². The zero-order chi connectivity index (χ0) is 13.4. The minimum Gasteiger partial charge on any atom is -0.382 e. The molecule has 0 spiro atoms. The second kappa shape index (κ2) is 4.55. The van der Waals surface area contributed by atoms with E-state index in [0.717, 1.165) is 27.0 Å². The maximum atomic E-state index is 5.97. The highest BCUT2D eigenvalue weighted by Crippen LogP contribution is 2.34. The summed E-state index contributed by atoms with van der Waals surface area (Å²) >= 11 is 3.42. The largest absolute Gasteiger partial charge is 0.382 e. The van der Waals surface area contributed by atoms with Gasteiger partial charge in [0, 0.05) is 17.7 Å².